The summed E-state index contributed by atoms with van der Waals surface area (Å²) in [7, 11) is 1.97. The molecule has 0 aromatic carbocycles. The quantitative estimate of drug-likeness (QED) is 0.675. The van der Waals surface area contributed by atoms with E-state index in [1.807, 2.05) is 30.9 Å². The maximum atomic E-state index is 13.1. The summed E-state index contributed by atoms with van der Waals surface area (Å²) in [6, 6.07) is -0.222. The highest BCUT2D eigenvalue weighted by Gasteiger charge is 2.65. The molecule has 0 unspecified atom stereocenters. The van der Waals surface area contributed by atoms with Crippen molar-refractivity contribution >= 4 is 5.91 Å². The van der Waals surface area contributed by atoms with E-state index in [0.717, 1.165) is 12.8 Å². The summed E-state index contributed by atoms with van der Waals surface area (Å²) in [6.07, 6.45) is 3.32. The molecule has 3 rings (SSSR count). The fraction of sp³-hybridized carbons (Fsp3) is 0.950. The van der Waals surface area contributed by atoms with Crippen molar-refractivity contribution in [1.82, 2.24) is 9.96 Å². The van der Waals surface area contributed by atoms with Gasteiger partial charge in [0, 0.05) is 32.6 Å². The fourth-order valence-corrected chi connectivity index (χ4v) is 5.42. The van der Waals surface area contributed by atoms with Crippen LogP contribution in [0.3, 0.4) is 0 Å². The molecule has 0 aromatic heterocycles. The van der Waals surface area contributed by atoms with Crippen molar-refractivity contribution in [2.75, 3.05) is 20.3 Å². The second-order valence-electron chi connectivity index (χ2n) is 8.51. The van der Waals surface area contributed by atoms with E-state index in [0.29, 0.717) is 37.4 Å². The average molecular weight is 369 g/mol. The van der Waals surface area contributed by atoms with Crippen LogP contribution in [0, 0.1) is 17.8 Å². The molecule has 0 N–H and O–H groups in total. The topological polar surface area (TPSA) is 51.2 Å². The highest BCUT2D eigenvalue weighted by atomic mass is 16.8. The minimum absolute atomic E-state index is 0.180. The molecule has 3 aliphatic rings. The van der Waals surface area contributed by atoms with E-state index in [2.05, 4.69) is 20.8 Å². The maximum Gasteiger partial charge on any atom is 0.243 e. The molecule has 6 heteroatoms. The van der Waals surface area contributed by atoms with E-state index in [1.165, 1.54) is 6.42 Å². The smallest absolute Gasteiger partial charge is 0.243 e. The van der Waals surface area contributed by atoms with Crippen molar-refractivity contribution in [2.24, 2.45) is 17.8 Å². The van der Waals surface area contributed by atoms with Crippen LogP contribution < -0.4 is 0 Å². The molecule has 6 nitrogen and oxygen atoms in total. The number of amides is 1. The summed E-state index contributed by atoms with van der Waals surface area (Å²) < 4.78 is 11.5. The molecular formula is C20H36N2O4. The first-order valence-corrected chi connectivity index (χ1v) is 10.3. The van der Waals surface area contributed by atoms with Crippen LogP contribution in [0.5, 0.6) is 0 Å². The lowest BCUT2D eigenvalue weighted by atomic mass is 9.69. The molecule has 1 spiro atoms. The van der Waals surface area contributed by atoms with Crippen LogP contribution in [0.15, 0.2) is 0 Å². The molecule has 2 saturated heterocycles. The summed E-state index contributed by atoms with van der Waals surface area (Å²) in [4.78, 5) is 21.6. The minimum Gasteiger partial charge on any atom is -0.350 e. The standard InChI is InChI=1S/C20H36N2O4/c1-7-24-19(25-8-2)17-11-16-18(23)21(6)20(22(16)26-17)12-14(5)9-10-15(20)13(3)4/h13-17,19H,7-12H2,1-6H3/t14-,15+,16+,17+,20+/m1/s1. The van der Waals surface area contributed by atoms with Crippen molar-refractivity contribution in [3.63, 3.8) is 0 Å². The highest BCUT2D eigenvalue weighted by Crippen LogP contribution is 2.53. The Morgan fingerprint density at radius 3 is 2.46 bits per heavy atom. The number of carbonyl (C=O) groups excluding carboxylic acids is 1. The Hall–Kier alpha value is -0.690. The lowest BCUT2D eigenvalue weighted by Gasteiger charge is -2.52. The highest BCUT2D eigenvalue weighted by molar-refractivity contribution is 5.85. The Morgan fingerprint density at radius 1 is 1.23 bits per heavy atom. The second kappa shape index (κ2) is 7.74. The predicted molar refractivity (Wildman–Crippen MR) is 99.0 cm³/mol. The molecule has 5 atom stereocenters. The first-order chi connectivity index (χ1) is 12.4. The first kappa shape index (κ1) is 20.1. The van der Waals surface area contributed by atoms with E-state index in [1.54, 1.807) is 0 Å². The predicted octanol–water partition coefficient (Wildman–Crippen LogP) is 3.02. The molecule has 3 fully saturated rings. The zero-order valence-electron chi connectivity index (χ0n) is 17.2. The van der Waals surface area contributed by atoms with Gasteiger partial charge in [-0.05, 0) is 38.5 Å². The molecule has 0 bridgehead atoms. The SMILES string of the molecule is CCOC(OCC)[C@@H]1C[C@H]2C(=O)N(C)[C@@]3(C[C@H](C)CC[C@H]3C(C)C)N2O1. The molecule has 1 aliphatic carbocycles. The third-order valence-corrected chi connectivity index (χ3v) is 6.55. The lowest BCUT2D eigenvalue weighted by molar-refractivity contribution is -0.300. The normalized spacial score (nSPS) is 38.2. The van der Waals surface area contributed by atoms with Crippen LogP contribution in [0.2, 0.25) is 0 Å². The van der Waals surface area contributed by atoms with Gasteiger partial charge in [-0.15, -0.1) is 0 Å². The van der Waals surface area contributed by atoms with E-state index < -0.39 is 6.29 Å². The van der Waals surface area contributed by atoms with Gasteiger partial charge >= 0.3 is 0 Å². The van der Waals surface area contributed by atoms with Crippen LogP contribution in [0.4, 0.5) is 0 Å². The van der Waals surface area contributed by atoms with Gasteiger partial charge < -0.3 is 14.4 Å². The average Bonchev–Trinajstić information content (AvgIpc) is 3.11. The zero-order valence-corrected chi connectivity index (χ0v) is 17.2. The number of nitrogens with zero attached hydrogens (tertiary/aromatic N) is 2. The number of ether oxygens (including phenoxy) is 2. The molecular weight excluding hydrogens is 332 g/mol. The number of hydrogen-bond acceptors (Lipinski definition) is 5. The Kier molecular flexibility index (Phi) is 5.97. The van der Waals surface area contributed by atoms with E-state index in [-0.39, 0.29) is 23.7 Å². The van der Waals surface area contributed by atoms with Gasteiger partial charge in [-0.1, -0.05) is 27.2 Å². The van der Waals surface area contributed by atoms with Gasteiger partial charge in [0.1, 0.15) is 17.8 Å². The monoisotopic (exact) mass is 368 g/mol. The lowest BCUT2D eigenvalue weighted by Crippen LogP contribution is -2.61. The summed E-state index contributed by atoms with van der Waals surface area (Å²) in [5.41, 5.74) is -0.342. The number of hydrogen-bond donors (Lipinski definition) is 0. The zero-order chi connectivity index (χ0) is 19.1. The Labute approximate surface area is 158 Å². The summed E-state index contributed by atoms with van der Waals surface area (Å²) in [5.74, 6) is 1.66. The number of likely N-dealkylation sites (N-methyl/N-ethyl adjacent to an activating group) is 1. The van der Waals surface area contributed by atoms with E-state index in [4.69, 9.17) is 14.3 Å². The van der Waals surface area contributed by atoms with Crippen molar-refractivity contribution in [3.05, 3.63) is 0 Å². The molecule has 0 radical (unpaired) electrons. The van der Waals surface area contributed by atoms with Gasteiger partial charge in [-0.25, -0.2) is 0 Å². The van der Waals surface area contributed by atoms with Gasteiger partial charge in [0.25, 0.3) is 0 Å². The van der Waals surface area contributed by atoms with Gasteiger partial charge in [0.2, 0.25) is 5.91 Å². The summed E-state index contributed by atoms with van der Waals surface area (Å²) >= 11 is 0. The van der Waals surface area contributed by atoms with Crippen molar-refractivity contribution in [3.8, 4) is 0 Å². The second-order valence-corrected chi connectivity index (χ2v) is 8.51. The Bertz CT molecular complexity index is 508. The Morgan fingerprint density at radius 2 is 1.88 bits per heavy atom. The first-order valence-electron chi connectivity index (χ1n) is 10.3. The minimum atomic E-state index is -0.413. The number of carbonyl (C=O) groups is 1. The Balaban J connectivity index is 1.91. The van der Waals surface area contributed by atoms with Crippen LogP contribution >= 0.6 is 0 Å². The number of rotatable bonds is 6. The van der Waals surface area contributed by atoms with E-state index >= 15 is 0 Å². The molecule has 1 amide bonds. The van der Waals surface area contributed by atoms with Crippen molar-refractivity contribution < 1.29 is 19.1 Å². The largest absolute Gasteiger partial charge is 0.350 e. The van der Waals surface area contributed by atoms with Gasteiger partial charge in [0.05, 0.1) is 0 Å². The van der Waals surface area contributed by atoms with E-state index in [9.17, 15) is 4.79 Å². The van der Waals surface area contributed by atoms with Crippen molar-refractivity contribution in [2.45, 2.75) is 84.4 Å². The van der Waals surface area contributed by atoms with Crippen LogP contribution in [0.1, 0.15) is 60.3 Å². The van der Waals surface area contributed by atoms with Crippen LogP contribution in [0.25, 0.3) is 0 Å². The van der Waals surface area contributed by atoms with Gasteiger partial charge in [0.15, 0.2) is 6.29 Å². The fourth-order valence-electron chi connectivity index (χ4n) is 5.42. The third kappa shape index (κ3) is 3.09. The molecule has 26 heavy (non-hydrogen) atoms. The van der Waals surface area contributed by atoms with Gasteiger partial charge in [-0.2, -0.15) is 5.06 Å². The van der Waals surface area contributed by atoms with Gasteiger partial charge in [-0.3, -0.25) is 9.63 Å². The summed E-state index contributed by atoms with van der Waals surface area (Å²) in [6.45, 7) is 11.9. The molecule has 150 valence electrons. The molecule has 2 heterocycles. The molecule has 0 aromatic rings. The number of fused-ring (bicyclic) bond motifs is 2. The van der Waals surface area contributed by atoms with Crippen molar-refractivity contribution in [1.29, 1.82) is 0 Å². The number of hydroxylamine groups is 2. The van der Waals surface area contributed by atoms with Crippen LogP contribution in [-0.4, -0.2) is 60.2 Å². The van der Waals surface area contributed by atoms with Crippen LogP contribution in [-0.2, 0) is 19.1 Å². The molecule has 1 saturated carbocycles. The third-order valence-electron chi connectivity index (χ3n) is 6.55. The summed E-state index contributed by atoms with van der Waals surface area (Å²) in [5, 5.41) is 2.05. The maximum absolute atomic E-state index is 13.1. The molecule has 2 aliphatic heterocycles.